The molecule has 0 radical (unpaired) electrons. The highest BCUT2D eigenvalue weighted by Crippen LogP contribution is 2.25. The summed E-state index contributed by atoms with van der Waals surface area (Å²) in [7, 11) is 1.32. The number of hydrogen-bond acceptors (Lipinski definition) is 4. The standard InChI is InChI=1S/C13H20N2O4/c1-19-12(17)8-15(9-4-2-3-5-9)13(18)10-6-7-11(16)14-10/h9-10H,2-8H2,1H3,(H,14,16)/t10-/m1/s1. The number of methoxy groups -OCH3 is 1. The van der Waals surface area contributed by atoms with Crippen molar-refractivity contribution in [2.24, 2.45) is 0 Å². The van der Waals surface area contributed by atoms with Crippen molar-refractivity contribution in [1.82, 2.24) is 10.2 Å². The normalized spacial score (nSPS) is 23.2. The summed E-state index contributed by atoms with van der Waals surface area (Å²) < 4.78 is 4.65. The van der Waals surface area contributed by atoms with Gasteiger partial charge in [0.2, 0.25) is 11.8 Å². The molecule has 1 atom stereocenters. The van der Waals surface area contributed by atoms with Gasteiger partial charge in [-0.05, 0) is 19.3 Å². The zero-order valence-corrected chi connectivity index (χ0v) is 11.2. The molecule has 2 amide bonds. The molecule has 1 heterocycles. The molecule has 2 aliphatic rings. The molecule has 19 heavy (non-hydrogen) atoms. The topological polar surface area (TPSA) is 75.7 Å². The van der Waals surface area contributed by atoms with E-state index >= 15 is 0 Å². The predicted molar refractivity (Wildman–Crippen MR) is 67.1 cm³/mol. The van der Waals surface area contributed by atoms with Crippen molar-refractivity contribution in [3.05, 3.63) is 0 Å². The summed E-state index contributed by atoms with van der Waals surface area (Å²) in [6.45, 7) is -0.0215. The molecule has 6 nitrogen and oxygen atoms in total. The number of ether oxygens (including phenoxy) is 1. The summed E-state index contributed by atoms with van der Waals surface area (Å²) in [6, 6.07) is -0.373. The van der Waals surface area contributed by atoms with Crippen LogP contribution in [0.15, 0.2) is 0 Å². The fourth-order valence-corrected chi connectivity index (χ4v) is 2.81. The van der Waals surface area contributed by atoms with Crippen molar-refractivity contribution in [1.29, 1.82) is 0 Å². The van der Waals surface area contributed by atoms with E-state index in [1.54, 1.807) is 4.90 Å². The first-order valence-corrected chi connectivity index (χ1v) is 6.78. The Kier molecular flexibility index (Phi) is 4.39. The van der Waals surface area contributed by atoms with Crippen LogP contribution in [0.5, 0.6) is 0 Å². The van der Waals surface area contributed by atoms with Crippen LogP contribution in [-0.2, 0) is 19.1 Å². The van der Waals surface area contributed by atoms with E-state index < -0.39 is 12.0 Å². The van der Waals surface area contributed by atoms with Crippen LogP contribution in [0.1, 0.15) is 38.5 Å². The lowest BCUT2D eigenvalue weighted by atomic mass is 10.1. The molecule has 1 saturated carbocycles. The Hall–Kier alpha value is -1.59. The Balaban J connectivity index is 2.04. The van der Waals surface area contributed by atoms with E-state index in [4.69, 9.17) is 0 Å². The number of nitrogens with zero attached hydrogens (tertiary/aromatic N) is 1. The van der Waals surface area contributed by atoms with Crippen LogP contribution in [-0.4, -0.2) is 48.4 Å². The summed E-state index contributed by atoms with van der Waals surface area (Å²) in [5.41, 5.74) is 0. The first kappa shape index (κ1) is 13.8. The van der Waals surface area contributed by atoms with Gasteiger partial charge < -0.3 is 15.0 Å². The maximum Gasteiger partial charge on any atom is 0.325 e. The molecule has 6 heteroatoms. The first-order chi connectivity index (χ1) is 9.11. The van der Waals surface area contributed by atoms with Crippen LogP contribution in [0.4, 0.5) is 0 Å². The molecular formula is C13H20N2O4. The zero-order valence-electron chi connectivity index (χ0n) is 11.2. The molecule has 0 aromatic heterocycles. The molecule has 2 fully saturated rings. The maximum absolute atomic E-state index is 12.4. The molecule has 0 unspecified atom stereocenters. The SMILES string of the molecule is COC(=O)CN(C(=O)[C@H]1CCC(=O)N1)C1CCCC1. The van der Waals surface area contributed by atoms with E-state index in [-0.39, 0.29) is 24.4 Å². The second-order valence-electron chi connectivity index (χ2n) is 5.14. The van der Waals surface area contributed by atoms with Gasteiger partial charge in [-0.15, -0.1) is 0 Å². The van der Waals surface area contributed by atoms with E-state index in [1.165, 1.54) is 7.11 Å². The van der Waals surface area contributed by atoms with Gasteiger partial charge >= 0.3 is 5.97 Å². The molecule has 0 spiro atoms. The minimum absolute atomic E-state index is 0.0215. The number of nitrogens with one attached hydrogen (secondary N) is 1. The molecule has 1 aliphatic carbocycles. The third-order valence-electron chi connectivity index (χ3n) is 3.87. The van der Waals surface area contributed by atoms with Gasteiger partial charge in [0.1, 0.15) is 12.6 Å². The van der Waals surface area contributed by atoms with Crippen LogP contribution >= 0.6 is 0 Å². The number of rotatable bonds is 4. The van der Waals surface area contributed by atoms with Crippen molar-refractivity contribution in [3.8, 4) is 0 Å². The minimum Gasteiger partial charge on any atom is -0.468 e. The molecule has 1 aliphatic heterocycles. The lowest BCUT2D eigenvalue weighted by molar-refractivity contribution is -0.149. The van der Waals surface area contributed by atoms with Gasteiger partial charge in [0.15, 0.2) is 0 Å². The second kappa shape index (κ2) is 6.04. The molecule has 0 aromatic rings. The molecule has 1 saturated heterocycles. The second-order valence-corrected chi connectivity index (χ2v) is 5.14. The van der Waals surface area contributed by atoms with Crippen molar-refractivity contribution in [3.63, 3.8) is 0 Å². The summed E-state index contributed by atoms with van der Waals surface area (Å²) in [4.78, 5) is 36.7. The summed E-state index contributed by atoms with van der Waals surface area (Å²) >= 11 is 0. The summed E-state index contributed by atoms with van der Waals surface area (Å²) in [5.74, 6) is -0.657. The highest BCUT2D eigenvalue weighted by molar-refractivity contribution is 5.92. The molecule has 0 aromatic carbocycles. The van der Waals surface area contributed by atoms with Crippen LogP contribution in [0.25, 0.3) is 0 Å². The third-order valence-corrected chi connectivity index (χ3v) is 3.87. The monoisotopic (exact) mass is 268 g/mol. The average Bonchev–Trinajstić information content (AvgIpc) is 3.05. The fourth-order valence-electron chi connectivity index (χ4n) is 2.81. The highest BCUT2D eigenvalue weighted by atomic mass is 16.5. The Labute approximate surface area is 112 Å². The van der Waals surface area contributed by atoms with Gasteiger partial charge in [0.05, 0.1) is 7.11 Å². The van der Waals surface area contributed by atoms with Gasteiger partial charge in [-0.25, -0.2) is 0 Å². The van der Waals surface area contributed by atoms with Gasteiger partial charge in [0.25, 0.3) is 0 Å². The third kappa shape index (κ3) is 3.24. The lowest BCUT2D eigenvalue weighted by Crippen LogP contribution is -2.50. The van der Waals surface area contributed by atoms with Gasteiger partial charge in [-0.1, -0.05) is 12.8 Å². The van der Waals surface area contributed by atoms with E-state index in [0.717, 1.165) is 25.7 Å². The largest absolute Gasteiger partial charge is 0.468 e. The summed E-state index contributed by atoms with van der Waals surface area (Å²) in [6.07, 6.45) is 4.89. The van der Waals surface area contributed by atoms with Crippen LogP contribution in [0.3, 0.4) is 0 Å². The molecule has 0 bridgehead atoms. The maximum atomic E-state index is 12.4. The van der Waals surface area contributed by atoms with Crippen LogP contribution in [0, 0.1) is 0 Å². The lowest BCUT2D eigenvalue weighted by Gasteiger charge is -2.30. The quantitative estimate of drug-likeness (QED) is 0.739. The van der Waals surface area contributed by atoms with Crippen molar-refractivity contribution in [2.75, 3.05) is 13.7 Å². The van der Waals surface area contributed by atoms with Gasteiger partial charge in [0, 0.05) is 12.5 Å². The Bertz CT molecular complexity index is 377. The summed E-state index contributed by atoms with van der Waals surface area (Å²) in [5, 5.41) is 2.67. The minimum atomic E-state index is -0.474. The van der Waals surface area contributed by atoms with Crippen LogP contribution < -0.4 is 5.32 Å². The number of carbonyl (C=O) groups is 3. The number of hydrogen-bond donors (Lipinski definition) is 1. The Morgan fingerprint density at radius 3 is 2.53 bits per heavy atom. The predicted octanol–water partition coefficient (Wildman–Crippen LogP) is 0.209. The van der Waals surface area contributed by atoms with Gasteiger partial charge in [-0.2, -0.15) is 0 Å². The van der Waals surface area contributed by atoms with Crippen molar-refractivity contribution < 1.29 is 19.1 Å². The van der Waals surface area contributed by atoms with E-state index in [9.17, 15) is 14.4 Å². The first-order valence-electron chi connectivity index (χ1n) is 6.78. The fraction of sp³-hybridized carbons (Fsp3) is 0.769. The van der Waals surface area contributed by atoms with E-state index in [0.29, 0.717) is 12.8 Å². The smallest absolute Gasteiger partial charge is 0.325 e. The van der Waals surface area contributed by atoms with Gasteiger partial charge in [-0.3, -0.25) is 14.4 Å². The number of carbonyl (C=O) groups excluding carboxylic acids is 3. The number of esters is 1. The van der Waals surface area contributed by atoms with E-state index in [2.05, 4.69) is 10.1 Å². The van der Waals surface area contributed by atoms with E-state index in [1.807, 2.05) is 0 Å². The zero-order chi connectivity index (χ0) is 13.8. The Morgan fingerprint density at radius 2 is 2.00 bits per heavy atom. The molecule has 106 valence electrons. The highest BCUT2D eigenvalue weighted by Gasteiger charge is 2.35. The van der Waals surface area contributed by atoms with Crippen LogP contribution in [0.2, 0.25) is 0 Å². The van der Waals surface area contributed by atoms with Crippen molar-refractivity contribution >= 4 is 17.8 Å². The Morgan fingerprint density at radius 1 is 1.32 bits per heavy atom. The van der Waals surface area contributed by atoms with Crippen molar-refractivity contribution in [2.45, 2.75) is 50.6 Å². The molecular weight excluding hydrogens is 248 g/mol. The average molecular weight is 268 g/mol. The molecule has 1 N–H and O–H groups in total. The molecule has 2 rings (SSSR count). The number of amides is 2.